The van der Waals surface area contributed by atoms with Gasteiger partial charge >= 0.3 is 0 Å². The van der Waals surface area contributed by atoms with E-state index in [-0.39, 0.29) is 12.0 Å². The molecule has 36 heavy (non-hydrogen) atoms. The molecule has 1 atom stereocenters. The number of nitrogens with zero attached hydrogens (tertiary/aromatic N) is 2. The Morgan fingerprint density at radius 2 is 1.81 bits per heavy atom. The van der Waals surface area contributed by atoms with E-state index in [0.29, 0.717) is 22.1 Å². The molecular weight excluding hydrogens is 480 g/mol. The van der Waals surface area contributed by atoms with E-state index in [1.165, 1.54) is 12.5 Å². The second kappa shape index (κ2) is 10.6. The van der Waals surface area contributed by atoms with Gasteiger partial charge in [-0.1, -0.05) is 47.1 Å². The monoisotopic (exact) mass is 504 g/mol. The highest BCUT2D eigenvalue weighted by molar-refractivity contribution is 6.31. The predicted octanol–water partition coefficient (Wildman–Crippen LogP) is 4.53. The summed E-state index contributed by atoms with van der Waals surface area (Å²) in [6.07, 6.45) is 2.91. The van der Waals surface area contributed by atoms with Crippen LogP contribution in [0, 0.1) is 26.0 Å². The molecule has 0 radical (unpaired) electrons. The maximum atomic E-state index is 13.3. The molecule has 2 aromatic carbocycles. The van der Waals surface area contributed by atoms with Crippen LogP contribution < -0.4 is 15.4 Å². The van der Waals surface area contributed by atoms with Gasteiger partial charge in [0.25, 0.3) is 5.91 Å². The summed E-state index contributed by atoms with van der Waals surface area (Å²) in [5.41, 5.74) is 5.21. The Bertz CT molecular complexity index is 1420. The van der Waals surface area contributed by atoms with Gasteiger partial charge in [0.2, 0.25) is 5.91 Å². The van der Waals surface area contributed by atoms with E-state index < -0.39 is 17.9 Å². The van der Waals surface area contributed by atoms with E-state index in [2.05, 4.69) is 15.8 Å². The Labute approximate surface area is 213 Å². The smallest absolute Gasteiger partial charge is 0.257 e. The molecule has 0 spiro atoms. The topological polar surface area (TPSA) is 111 Å². The summed E-state index contributed by atoms with van der Waals surface area (Å²) in [5, 5.41) is 21.9. The Morgan fingerprint density at radius 1 is 1.08 bits per heavy atom. The summed E-state index contributed by atoms with van der Waals surface area (Å²) in [7, 11) is 0. The highest BCUT2D eigenvalue weighted by atomic mass is 35.5. The molecule has 2 amide bonds. The van der Waals surface area contributed by atoms with Crippen molar-refractivity contribution in [1.82, 2.24) is 10.5 Å². The zero-order chi connectivity index (χ0) is 25.8. The van der Waals surface area contributed by atoms with E-state index in [4.69, 9.17) is 16.1 Å². The Balaban J connectivity index is 1.56. The van der Waals surface area contributed by atoms with Crippen LogP contribution >= 0.6 is 11.6 Å². The molecule has 2 aromatic heterocycles. The lowest BCUT2D eigenvalue weighted by Crippen LogP contribution is -2.45. The maximum Gasteiger partial charge on any atom is 0.257 e. The lowest BCUT2D eigenvalue weighted by atomic mass is 9.99. The zero-order valence-electron chi connectivity index (χ0n) is 20.0. The van der Waals surface area contributed by atoms with Crippen molar-refractivity contribution in [2.24, 2.45) is 0 Å². The number of hydrogen-bond acceptors (Lipinski definition) is 5. The fourth-order valence-electron chi connectivity index (χ4n) is 4.00. The van der Waals surface area contributed by atoms with Crippen molar-refractivity contribution in [2.45, 2.75) is 33.2 Å². The second-order valence-electron chi connectivity index (χ2n) is 8.49. The molecule has 0 bridgehead atoms. The summed E-state index contributed by atoms with van der Waals surface area (Å²) in [5.74, 6) is -0.883. The summed E-state index contributed by atoms with van der Waals surface area (Å²) < 4.78 is 5.69. The minimum Gasteiger partial charge on any atom is -0.618 e. The van der Waals surface area contributed by atoms with Crippen molar-refractivity contribution in [2.75, 3.05) is 5.32 Å². The molecule has 0 saturated heterocycles. The average Bonchev–Trinajstić information content (AvgIpc) is 3.29. The number of carbonyl (C=O) groups is 2. The van der Waals surface area contributed by atoms with Crippen LogP contribution in [0.1, 0.15) is 32.9 Å². The molecule has 2 N–H and O–H groups in total. The standard InChI is InChI=1S/C27H25ClN4O4/c1-16-12-13-32(35)18(3)25(16)19-8-10-21(11-9-19)29-27(34)24(14-20-6-4-5-7-23(20)28)30-26(33)22-15-36-31-17(22)2/h4-13,15,24H,14H2,1-3H3,(H,29,34)(H,30,33). The number of nitrogens with one attached hydrogen (secondary N) is 2. The first kappa shape index (κ1) is 24.9. The Kier molecular flexibility index (Phi) is 7.36. The van der Waals surface area contributed by atoms with E-state index >= 15 is 0 Å². The van der Waals surface area contributed by atoms with Gasteiger partial charge in [0.15, 0.2) is 11.9 Å². The number of amides is 2. The lowest BCUT2D eigenvalue weighted by Gasteiger charge is -2.19. The minimum atomic E-state index is -0.913. The number of anilines is 1. The van der Waals surface area contributed by atoms with Gasteiger partial charge in [0.05, 0.1) is 11.3 Å². The molecule has 9 heteroatoms. The Morgan fingerprint density at radius 3 is 2.47 bits per heavy atom. The highest BCUT2D eigenvalue weighted by Crippen LogP contribution is 2.26. The number of hydrogen-bond donors (Lipinski definition) is 2. The number of aryl methyl sites for hydroxylation is 2. The third-order valence-corrected chi connectivity index (χ3v) is 6.35. The Hall–Kier alpha value is -4.17. The lowest BCUT2D eigenvalue weighted by molar-refractivity contribution is -0.611. The molecule has 0 fully saturated rings. The quantitative estimate of drug-likeness (QED) is 0.283. The summed E-state index contributed by atoms with van der Waals surface area (Å²) >= 11 is 6.31. The molecular formula is C27H25ClN4O4. The van der Waals surface area contributed by atoms with Crippen LogP contribution in [0.2, 0.25) is 5.02 Å². The summed E-state index contributed by atoms with van der Waals surface area (Å²) in [6, 6.07) is 15.2. The number of halogens is 1. The van der Waals surface area contributed by atoms with E-state index in [9.17, 15) is 14.8 Å². The predicted molar refractivity (Wildman–Crippen MR) is 137 cm³/mol. The van der Waals surface area contributed by atoms with E-state index in [0.717, 1.165) is 27.0 Å². The number of carbonyl (C=O) groups excluding carboxylic acids is 2. The maximum absolute atomic E-state index is 13.3. The van der Waals surface area contributed by atoms with Crippen molar-refractivity contribution >= 4 is 29.1 Å². The molecule has 0 saturated carbocycles. The first-order valence-corrected chi connectivity index (χ1v) is 11.7. The molecule has 4 rings (SSSR count). The molecule has 0 aliphatic rings. The van der Waals surface area contributed by atoms with Gasteiger partial charge in [-0.15, -0.1) is 0 Å². The fourth-order valence-corrected chi connectivity index (χ4v) is 4.21. The van der Waals surface area contributed by atoms with Crippen molar-refractivity contribution in [1.29, 1.82) is 0 Å². The van der Waals surface area contributed by atoms with E-state index in [1.807, 2.05) is 25.1 Å². The number of pyridine rings is 1. The highest BCUT2D eigenvalue weighted by Gasteiger charge is 2.25. The van der Waals surface area contributed by atoms with Gasteiger partial charge in [-0.3, -0.25) is 9.59 Å². The zero-order valence-corrected chi connectivity index (χ0v) is 20.8. The molecule has 2 heterocycles. The normalized spacial score (nSPS) is 11.7. The second-order valence-corrected chi connectivity index (χ2v) is 8.89. The molecule has 0 aliphatic heterocycles. The van der Waals surface area contributed by atoms with Crippen LogP contribution in [-0.4, -0.2) is 23.0 Å². The summed E-state index contributed by atoms with van der Waals surface area (Å²) in [4.78, 5) is 26.1. The SMILES string of the molecule is Cc1cc[n+]([O-])c(C)c1-c1ccc(NC(=O)C(Cc2ccccc2Cl)NC(=O)c2conc2C)cc1. The summed E-state index contributed by atoms with van der Waals surface area (Å²) in [6.45, 7) is 5.36. The minimum absolute atomic E-state index is 0.186. The van der Waals surface area contributed by atoms with Gasteiger partial charge in [0, 0.05) is 30.1 Å². The van der Waals surface area contributed by atoms with E-state index in [1.54, 1.807) is 50.2 Å². The van der Waals surface area contributed by atoms with Gasteiger partial charge in [-0.25, -0.2) is 0 Å². The third kappa shape index (κ3) is 5.39. The van der Waals surface area contributed by atoms with Crippen molar-refractivity contribution in [3.8, 4) is 11.1 Å². The largest absolute Gasteiger partial charge is 0.618 e. The van der Waals surface area contributed by atoms with Gasteiger partial charge < -0.3 is 20.4 Å². The van der Waals surface area contributed by atoms with Gasteiger partial charge in [-0.2, -0.15) is 4.73 Å². The average molecular weight is 505 g/mol. The van der Waals surface area contributed by atoms with Crippen LogP contribution in [0.15, 0.2) is 71.6 Å². The fraction of sp³-hybridized carbons (Fsp3) is 0.185. The first-order chi connectivity index (χ1) is 17.2. The molecule has 8 nitrogen and oxygen atoms in total. The van der Waals surface area contributed by atoms with Gasteiger partial charge in [-0.05, 0) is 48.7 Å². The van der Waals surface area contributed by atoms with Crippen molar-refractivity contribution < 1.29 is 18.8 Å². The van der Waals surface area contributed by atoms with Crippen LogP contribution in [-0.2, 0) is 11.2 Å². The molecule has 184 valence electrons. The third-order valence-electron chi connectivity index (χ3n) is 5.99. The first-order valence-electron chi connectivity index (χ1n) is 11.3. The van der Waals surface area contributed by atoms with Gasteiger partial charge in [0.1, 0.15) is 17.9 Å². The van der Waals surface area contributed by atoms with Crippen LogP contribution in [0.25, 0.3) is 11.1 Å². The van der Waals surface area contributed by atoms with Crippen molar-refractivity contribution in [3.05, 3.63) is 105 Å². The molecule has 1 unspecified atom stereocenters. The van der Waals surface area contributed by atoms with Crippen LogP contribution in [0.5, 0.6) is 0 Å². The molecule has 0 aliphatic carbocycles. The number of benzene rings is 2. The van der Waals surface area contributed by atoms with Crippen LogP contribution in [0.3, 0.4) is 0 Å². The number of rotatable bonds is 7. The molecule has 4 aromatic rings. The number of aromatic nitrogens is 2. The van der Waals surface area contributed by atoms with Crippen LogP contribution in [0.4, 0.5) is 5.69 Å². The van der Waals surface area contributed by atoms with Crippen molar-refractivity contribution in [3.63, 3.8) is 0 Å².